The molecule has 0 spiro atoms. The van der Waals surface area contributed by atoms with Crippen LogP contribution in [0.15, 0.2) is 25.0 Å². The van der Waals surface area contributed by atoms with E-state index in [0.717, 1.165) is 38.5 Å². The van der Waals surface area contributed by atoms with Crippen molar-refractivity contribution < 1.29 is 28.4 Å². The monoisotopic (exact) mass is 368 g/mol. The van der Waals surface area contributed by atoms with E-state index in [1.54, 1.807) is 25.0 Å². The van der Waals surface area contributed by atoms with Crippen LogP contribution < -0.4 is 0 Å². The maximum atomic E-state index is 5.98. The number of rotatable bonds is 0. The molecular formula is C20H32O6. The molecule has 0 saturated heterocycles. The molecule has 0 aromatic heterocycles. The van der Waals surface area contributed by atoms with E-state index in [2.05, 4.69) is 0 Å². The van der Waals surface area contributed by atoms with Gasteiger partial charge in [-0.05, 0) is 38.5 Å². The molecule has 6 heteroatoms. The Morgan fingerprint density at radius 2 is 0.885 bits per heavy atom. The molecule has 6 nitrogen and oxygen atoms in total. The lowest BCUT2D eigenvalue weighted by Gasteiger charge is -2.31. The average Bonchev–Trinajstić information content (AvgIpc) is 2.68. The molecule has 1 aliphatic heterocycles. The molecule has 0 N–H and O–H groups in total. The highest BCUT2D eigenvalue weighted by Gasteiger charge is 2.27. The summed E-state index contributed by atoms with van der Waals surface area (Å²) in [6.45, 7) is 2.14. The van der Waals surface area contributed by atoms with Crippen LogP contribution in [0.25, 0.3) is 0 Å². The van der Waals surface area contributed by atoms with Crippen molar-refractivity contribution in [1.82, 2.24) is 0 Å². The standard InChI is InChI=1S/C20H32O6/c1-2-6-18-17(5-1)23-13-9-21-11-15-25-19-7-3-4-8-20(19)26-16-12-22-10-14-24-18/h9-10,13-14,17-20H,1-8,11-12,15-16H2/b13-9-,14-10+. The molecule has 0 radical (unpaired) electrons. The fraction of sp³-hybridized carbons (Fsp3) is 0.800. The molecule has 148 valence electrons. The first-order valence-electron chi connectivity index (χ1n) is 10.0. The van der Waals surface area contributed by atoms with Crippen LogP contribution in [-0.4, -0.2) is 50.8 Å². The van der Waals surface area contributed by atoms with Gasteiger partial charge in [0.15, 0.2) is 0 Å². The van der Waals surface area contributed by atoms with Crippen LogP contribution in [0, 0.1) is 0 Å². The van der Waals surface area contributed by atoms with Crippen LogP contribution in [0.2, 0.25) is 0 Å². The highest BCUT2D eigenvalue weighted by atomic mass is 16.6. The van der Waals surface area contributed by atoms with E-state index in [9.17, 15) is 0 Å². The van der Waals surface area contributed by atoms with Gasteiger partial charge in [-0.15, -0.1) is 0 Å². The van der Waals surface area contributed by atoms with Crippen LogP contribution >= 0.6 is 0 Å². The van der Waals surface area contributed by atoms with Crippen molar-refractivity contribution in [2.45, 2.75) is 75.8 Å². The van der Waals surface area contributed by atoms with E-state index in [0.29, 0.717) is 26.4 Å². The van der Waals surface area contributed by atoms with E-state index in [1.807, 2.05) is 0 Å². The van der Waals surface area contributed by atoms with Crippen molar-refractivity contribution in [2.24, 2.45) is 0 Å². The Kier molecular flexibility index (Phi) is 8.45. The minimum atomic E-state index is 0.0507. The molecule has 0 bridgehead atoms. The zero-order chi connectivity index (χ0) is 17.9. The van der Waals surface area contributed by atoms with Gasteiger partial charge >= 0.3 is 0 Å². The van der Waals surface area contributed by atoms with E-state index in [1.165, 1.54) is 12.8 Å². The third-order valence-electron chi connectivity index (χ3n) is 5.16. The van der Waals surface area contributed by atoms with Gasteiger partial charge in [0.25, 0.3) is 0 Å². The molecule has 2 saturated carbocycles. The fourth-order valence-corrected chi connectivity index (χ4v) is 3.79. The van der Waals surface area contributed by atoms with E-state index in [-0.39, 0.29) is 24.4 Å². The number of hydrogen-bond donors (Lipinski definition) is 0. The summed E-state index contributed by atoms with van der Waals surface area (Å²) in [5.74, 6) is 0. The maximum Gasteiger partial charge on any atom is 0.135 e. The first-order valence-corrected chi connectivity index (χ1v) is 10.0. The second-order valence-corrected chi connectivity index (χ2v) is 7.02. The largest absolute Gasteiger partial charge is 0.496 e. The number of fused-ring (bicyclic) bond motifs is 2. The van der Waals surface area contributed by atoms with Gasteiger partial charge < -0.3 is 28.4 Å². The van der Waals surface area contributed by atoms with Crippen LogP contribution in [0.4, 0.5) is 0 Å². The Labute approximate surface area is 156 Å². The van der Waals surface area contributed by atoms with Crippen molar-refractivity contribution >= 4 is 0 Å². The molecule has 0 aromatic rings. The van der Waals surface area contributed by atoms with Crippen LogP contribution in [0.3, 0.4) is 0 Å². The molecule has 3 aliphatic rings. The fourth-order valence-electron chi connectivity index (χ4n) is 3.79. The van der Waals surface area contributed by atoms with Gasteiger partial charge in [0, 0.05) is 0 Å². The molecule has 26 heavy (non-hydrogen) atoms. The van der Waals surface area contributed by atoms with E-state index in [4.69, 9.17) is 28.4 Å². The lowest BCUT2D eigenvalue weighted by Crippen LogP contribution is -2.36. The minimum Gasteiger partial charge on any atom is -0.496 e. The summed E-state index contributed by atoms with van der Waals surface area (Å²) in [6, 6.07) is 0. The van der Waals surface area contributed by atoms with Gasteiger partial charge in [-0.3, -0.25) is 0 Å². The molecule has 3 rings (SSSR count). The highest BCUT2D eigenvalue weighted by molar-refractivity contribution is 4.82. The normalized spacial score (nSPS) is 36.9. The van der Waals surface area contributed by atoms with Crippen LogP contribution in [0.1, 0.15) is 51.4 Å². The first-order chi connectivity index (χ1) is 12.9. The highest BCUT2D eigenvalue weighted by Crippen LogP contribution is 2.25. The van der Waals surface area contributed by atoms with E-state index < -0.39 is 0 Å². The van der Waals surface area contributed by atoms with Crippen molar-refractivity contribution in [3.05, 3.63) is 25.0 Å². The van der Waals surface area contributed by atoms with Crippen molar-refractivity contribution in [3.8, 4) is 0 Å². The summed E-state index contributed by atoms with van der Waals surface area (Å²) in [5.41, 5.74) is 0. The zero-order valence-corrected chi connectivity index (χ0v) is 15.6. The van der Waals surface area contributed by atoms with Crippen molar-refractivity contribution in [1.29, 1.82) is 0 Å². The summed E-state index contributed by atoms with van der Waals surface area (Å²) < 4.78 is 34.6. The summed E-state index contributed by atoms with van der Waals surface area (Å²) in [6.07, 6.45) is 15.6. The Hall–Kier alpha value is -1.40. The molecule has 1 heterocycles. The van der Waals surface area contributed by atoms with E-state index >= 15 is 0 Å². The van der Waals surface area contributed by atoms with Gasteiger partial charge in [-0.25, -0.2) is 0 Å². The molecule has 4 unspecified atom stereocenters. The SMILES string of the molecule is C1=C\OC2CCCCC2O/C=C/OCCOC2CCCCC2OCCO/1. The molecule has 0 aromatic carbocycles. The Bertz CT molecular complexity index is 398. The summed E-state index contributed by atoms with van der Waals surface area (Å²) in [5, 5.41) is 0. The lowest BCUT2D eigenvalue weighted by atomic mass is 9.94. The third-order valence-corrected chi connectivity index (χ3v) is 5.16. The quantitative estimate of drug-likeness (QED) is 0.650. The van der Waals surface area contributed by atoms with Crippen LogP contribution in [-0.2, 0) is 28.4 Å². The molecule has 0 amide bonds. The smallest absolute Gasteiger partial charge is 0.135 e. The summed E-state index contributed by atoms with van der Waals surface area (Å²) in [4.78, 5) is 0. The van der Waals surface area contributed by atoms with Crippen LogP contribution in [0.5, 0.6) is 0 Å². The zero-order valence-electron chi connectivity index (χ0n) is 15.6. The van der Waals surface area contributed by atoms with Gasteiger partial charge in [0.05, 0.1) is 25.4 Å². The van der Waals surface area contributed by atoms with Crippen molar-refractivity contribution in [3.63, 3.8) is 0 Å². The molecular weight excluding hydrogens is 336 g/mol. The second-order valence-electron chi connectivity index (χ2n) is 7.02. The molecule has 2 fully saturated rings. The number of ether oxygens (including phenoxy) is 6. The first kappa shape index (κ1) is 19.4. The summed E-state index contributed by atoms with van der Waals surface area (Å²) in [7, 11) is 0. The van der Waals surface area contributed by atoms with Gasteiger partial charge in [0.1, 0.15) is 50.5 Å². The van der Waals surface area contributed by atoms with Crippen molar-refractivity contribution in [2.75, 3.05) is 26.4 Å². The Morgan fingerprint density at radius 1 is 0.462 bits per heavy atom. The van der Waals surface area contributed by atoms with Gasteiger partial charge in [0.2, 0.25) is 0 Å². The predicted octanol–water partition coefficient (Wildman–Crippen LogP) is 3.66. The Balaban J connectivity index is 1.51. The minimum absolute atomic E-state index is 0.0507. The molecule has 4 atom stereocenters. The molecule has 2 aliphatic carbocycles. The summed E-state index contributed by atoms with van der Waals surface area (Å²) >= 11 is 0. The maximum absolute atomic E-state index is 5.98. The lowest BCUT2D eigenvalue weighted by molar-refractivity contribution is -0.104. The number of hydrogen-bond acceptors (Lipinski definition) is 6. The third kappa shape index (κ3) is 6.40. The van der Waals surface area contributed by atoms with Gasteiger partial charge in [-0.1, -0.05) is 12.8 Å². The van der Waals surface area contributed by atoms with Gasteiger partial charge in [-0.2, -0.15) is 0 Å². The predicted molar refractivity (Wildman–Crippen MR) is 96.3 cm³/mol. The average molecular weight is 368 g/mol. The second kappa shape index (κ2) is 11.3. The topological polar surface area (TPSA) is 55.4 Å². The Morgan fingerprint density at radius 3 is 1.35 bits per heavy atom.